The number of nitrogens with two attached hydrogens (primary N) is 1. The first kappa shape index (κ1) is 17.7. The lowest BCUT2D eigenvalue weighted by atomic mass is 9.78. The summed E-state index contributed by atoms with van der Waals surface area (Å²) < 4.78 is 0. The van der Waals surface area contributed by atoms with Gasteiger partial charge in [-0.2, -0.15) is 0 Å². The number of carbonyl (C=O) groups excluding carboxylic acids is 2. The van der Waals surface area contributed by atoms with Gasteiger partial charge in [0.15, 0.2) is 5.78 Å². The summed E-state index contributed by atoms with van der Waals surface area (Å²) in [6.45, 7) is 0.737. The average molecular weight is 316 g/mol. The van der Waals surface area contributed by atoms with Crippen molar-refractivity contribution in [1.82, 2.24) is 4.90 Å². The first-order valence-electron chi connectivity index (χ1n) is 8.54. The Bertz CT molecular complexity index is 529. The zero-order valence-electron chi connectivity index (χ0n) is 14.3. The van der Waals surface area contributed by atoms with E-state index >= 15 is 0 Å². The third-order valence-electron chi connectivity index (χ3n) is 4.92. The summed E-state index contributed by atoms with van der Waals surface area (Å²) >= 11 is 0. The molecule has 0 aliphatic heterocycles. The maximum absolute atomic E-state index is 12.6. The quantitative estimate of drug-likeness (QED) is 0.821. The number of carbonyl (C=O) groups is 2. The van der Waals surface area contributed by atoms with E-state index in [-0.39, 0.29) is 17.6 Å². The van der Waals surface area contributed by atoms with E-state index in [9.17, 15) is 9.59 Å². The van der Waals surface area contributed by atoms with Gasteiger partial charge in [0.05, 0.1) is 0 Å². The van der Waals surface area contributed by atoms with E-state index in [2.05, 4.69) is 0 Å². The zero-order chi connectivity index (χ0) is 16.8. The number of nitrogens with zero attached hydrogens (tertiary/aromatic N) is 1. The van der Waals surface area contributed by atoms with Crippen LogP contribution >= 0.6 is 0 Å². The molecule has 1 saturated carbocycles. The van der Waals surface area contributed by atoms with Gasteiger partial charge in [-0.25, -0.2) is 0 Å². The monoisotopic (exact) mass is 316 g/mol. The van der Waals surface area contributed by atoms with E-state index in [1.165, 1.54) is 0 Å². The highest BCUT2D eigenvalue weighted by molar-refractivity contribution is 5.97. The van der Waals surface area contributed by atoms with Gasteiger partial charge in [0, 0.05) is 32.0 Å². The van der Waals surface area contributed by atoms with Crippen molar-refractivity contribution in [2.24, 2.45) is 17.6 Å². The Morgan fingerprint density at radius 2 is 1.70 bits per heavy atom. The van der Waals surface area contributed by atoms with Crippen molar-refractivity contribution in [3.8, 4) is 0 Å². The Morgan fingerprint density at radius 3 is 2.22 bits per heavy atom. The molecule has 1 aliphatic carbocycles. The van der Waals surface area contributed by atoms with Crippen LogP contribution in [0.3, 0.4) is 0 Å². The molecule has 1 aromatic carbocycles. The summed E-state index contributed by atoms with van der Waals surface area (Å²) in [5.41, 5.74) is 7.60. The molecule has 0 unspecified atom stereocenters. The van der Waals surface area contributed by atoms with Crippen LogP contribution < -0.4 is 5.73 Å². The number of ketones is 1. The smallest absolute Gasteiger partial charge is 0.222 e. The van der Waals surface area contributed by atoms with Crippen molar-refractivity contribution in [3.05, 3.63) is 35.4 Å². The number of hydrogen-bond acceptors (Lipinski definition) is 3. The third kappa shape index (κ3) is 4.90. The Labute approximate surface area is 139 Å². The van der Waals surface area contributed by atoms with Gasteiger partial charge in [-0.1, -0.05) is 24.3 Å². The standard InChI is InChI=1S/C19H28N2O2/c1-21(2)18(22)12-7-14-3-8-16(9-4-14)19(23)17-10-5-15(13-20)6-11-17/h3-4,8-9,15,17H,5-7,10-13,20H2,1-2H3. The summed E-state index contributed by atoms with van der Waals surface area (Å²) in [4.78, 5) is 25.8. The van der Waals surface area contributed by atoms with Crippen molar-refractivity contribution in [2.45, 2.75) is 38.5 Å². The number of amides is 1. The summed E-state index contributed by atoms with van der Waals surface area (Å²) in [7, 11) is 3.53. The summed E-state index contributed by atoms with van der Waals surface area (Å²) in [6.07, 6.45) is 5.27. The number of Topliss-reactive ketones (excluding diaryl/α,β-unsaturated/α-hetero) is 1. The number of benzene rings is 1. The largest absolute Gasteiger partial charge is 0.349 e. The second kappa shape index (κ2) is 8.25. The molecule has 1 amide bonds. The zero-order valence-corrected chi connectivity index (χ0v) is 14.3. The minimum Gasteiger partial charge on any atom is -0.349 e. The van der Waals surface area contributed by atoms with Gasteiger partial charge in [-0.3, -0.25) is 9.59 Å². The van der Waals surface area contributed by atoms with E-state index in [0.717, 1.165) is 43.4 Å². The fourth-order valence-corrected chi connectivity index (χ4v) is 3.21. The first-order valence-corrected chi connectivity index (χ1v) is 8.54. The average Bonchev–Trinajstić information content (AvgIpc) is 2.59. The van der Waals surface area contributed by atoms with Crippen molar-refractivity contribution in [2.75, 3.05) is 20.6 Å². The molecular formula is C19H28N2O2. The normalized spacial score (nSPS) is 21.0. The van der Waals surface area contributed by atoms with Crippen molar-refractivity contribution in [1.29, 1.82) is 0 Å². The van der Waals surface area contributed by atoms with E-state index in [0.29, 0.717) is 18.8 Å². The molecule has 0 bridgehead atoms. The fraction of sp³-hybridized carbons (Fsp3) is 0.579. The molecule has 0 radical (unpaired) electrons. The lowest BCUT2D eigenvalue weighted by molar-refractivity contribution is -0.128. The van der Waals surface area contributed by atoms with Crippen molar-refractivity contribution in [3.63, 3.8) is 0 Å². The molecule has 1 aromatic rings. The van der Waals surface area contributed by atoms with Gasteiger partial charge in [0.1, 0.15) is 0 Å². The minimum atomic E-state index is 0.127. The van der Waals surface area contributed by atoms with Gasteiger partial charge in [0.2, 0.25) is 5.91 Å². The van der Waals surface area contributed by atoms with Gasteiger partial charge in [-0.15, -0.1) is 0 Å². The van der Waals surface area contributed by atoms with Crippen LogP contribution in [0.2, 0.25) is 0 Å². The highest BCUT2D eigenvalue weighted by Crippen LogP contribution is 2.30. The second-order valence-corrected chi connectivity index (χ2v) is 6.80. The van der Waals surface area contributed by atoms with Crippen LogP contribution in [-0.2, 0) is 11.2 Å². The predicted molar refractivity (Wildman–Crippen MR) is 92.3 cm³/mol. The SMILES string of the molecule is CN(C)C(=O)CCc1ccc(C(=O)C2CCC(CN)CC2)cc1. The molecule has 126 valence electrons. The van der Waals surface area contributed by atoms with E-state index < -0.39 is 0 Å². The maximum atomic E-state index is 12.6. The molecule has 0 heterocycles. The topological polar surface area (TPSA) is 63.4 Å². The lowest BCUT2D eigenvalue weighted by Crippen LogP contribution is -2.25. The third-order valence-corrected chi connectivity index (χ3v) is 4.92. The van der Waals surface area contributed by atoms with Gasteiger partial charge in [-0.05, 0) is 50.1 Å². The van der Waals surface area contributed by atoms with Crippen LogP contribution in [0, 0.1) is 11.8 Å². The lowest BCUT2D eigenvalue weighted by Gasteiger charge is -2.26. The Kier molecular flexibility index (Phi) is 6.34. The molecule has 1 fully saturated rings. The molecule has 2 N–H and O–H groups in total. The van der Waals surface area contributed by atoms with Crippen molar-refractivity contribution >= 4 is 11.7 Å². The van der Waals surface area contributed by atoms with Gasteiger partial charge >= 0.3 is 0 Å². The van der Waals surface area contributed by atoms with Crippen LogP contribution in [0.5, 0.6) is 0 Å². The van der Waals surface area contributed by atoms with Crippen molar-refractivity contribution < 1.29 is 9.59 Å². The highest BCUT2D eigenvalue weighted by atomic mass is 16.2. The summed E-state index contributed by atoms with van der Waals surface area (Å²) in [6, 6.07) is 7.77. The Hall–Kier alpha value is -1.68. The van der Waals surface area contributed by atoms with Crippen LogP contribution in [0.1, 0.15) is 48.0 Å². The van der Waals surface area contributed by atoms with Crippen LogP contribution in [-0.4, -0.2) is 37.2 Å². The molecular weight excluding hydrogens is 288 g/mol. The molecule has 2 rings (SSSR count). The molecule has 23 heavy (non-hydrogen) atoms. The van der Waals surface area contributed by atoms with Gasteiger partial charge in [0.25, 0.3) is 0 Å². The second-order valence-electron chi connectivity index (χ2n) is 6.80. The van der Waals surface area contributed by atoms with Gasteiger partial charge < -0.3 is 10.6 Å². The van der Waals surface area contributed by atoms with Crippen LogP contribution in [0.25, 0.3) is 0 Å². The number of aryl methyl sites for hydroxylation is 1. The fourth-order valence-electron chi connectivity index (χ4n) is 3.21. The maximum Gasteiger partial charge on any atom is 0.222 e. The van der Waals surface area contributed by atoms with E-state index in [1.807, 2.05) is 24.3 Å². The molecule has 0 saturated heterocycles. The summed E-state index contributed by atoms with van der Waals surface area (Å²) in [5, 5.41) is 0. The molecule has 4 nitrogen and oxygen atoms in total. The number of rotatable bonds is 6. The van der Waals surface area contributed by atoms with E-state index in [4.69, 9.17) is 5.73 Å². The Morgan fingerprint density at radius 1 is 1.09 bits per heavy atom. The van der Waals surface area contributed by atoms with Crippen LogP contribution in [0.4, 0.5) is 0 Å². The predicted octanol–water partition coefficient (Wildman–Crippen LogP) is 2.66. The Balaban J connectivity index is 1.89. The first-order chi connectivity index (χ1) is 11.0. The minimum absolute atomic E-state index is 0.127. The molecule has 0 spiro atoms. The molecule has 4 heteroatoms. The molecule has 0 aromatic heterocycles. The molecule has 1 aliphatic rings. The van der Waals surface area contributed by atoms with E-state index in [1.54, 1.807) is 19.0 Å². The summed E-state index contributed by atoms with van der Waals surface area (Å²) in [5.74, 6) is 1.13. The molecule has 0 atom stereocenters. The number of hydrogen-bond donors (Lipinski definition) is 1. The van der Waals surface area contributed by atoms with Crippen LogP contribution in [0.15, 0.2) is 24.3 Å². The highest BCUT2D eigenvalue weighted by Gasteiger charge is 2.26.